The smallest absolute Gasteiger partial charge is 0.318 e. The summed E-state index contributed by atoms with van der Waals surface area (Å²) in [5.41, 5.74) is 0. The van der Waals surface area contributed by atoms with Crippen molar-refractivity contribution in [2.45, 2.75) is 51.8 Å². The second kappa shape index (κ2) is 6.34. The number of nitrogens with one attached hydrogen (secondary N) is 1. The molecule has 1 N–H and O–H groups in total. The van der Waals surface area contributed by atoms with E-state index in [0.29, 0.717) is 17.9 Å². The van der Waals surface area contributed by atoms with Crippen LogP contribution in [0.2, 0.25) is 0 Å². The molecule has 0 bridgehead atoms. The predicted octanol–water partition coefficient (Wildman–Crippen LogP) is 1.74. The molecule has 1 fully saturated rings. The van der Waals surface area contributed by atoms with E-state index in [2.05, 4.69) is 29.4 Å². The van der Waals surface area contributed by atoms with Crippen LogP contribution in [0.25, 0.3) is 0 Å². The van der Waals surface area contributed by atoms with Crippen LogP contribution in [-0.4, -0.2) is 42.5 Å². The van der Waals surface area contributed by atoms with Gasteiger partial charge in [0.25, 0.3) is 0 Å². The summed E-state index contributed by atoms with van der Waals surface area (Å²) in [5, 5.41) is 11.6. The van der Waals surface area contributed by atoms with Gasteiger partial charge in [-0.1, -0.05) is 12.0 Å². The fourth-order valence-corrected chi connectivity index (χ4v) is 2.36. The van der Waals surface area contributed by atoms with Crippen LogP contribution in [0.1, 0.15) is 45.5 Å². The van der Waals surface area contributed by atoms with Crippen molar-refractivity contribution >= 4 is 6.01 Å². The third-order valence-electron chi connectivity index (χ3n) is 3.64. The van der Waals surface area contributed by atoms with E-state index in [1.165, 1.54) is 0 Å². The SMILES string of the molecule is CCCNC(C)c1nnc(N(C)C2CCOC2C)o1. The number of ether oxygens (including phenoxy) is 1. The second-order valence-electron chi connectivity index (χ2n) is 5.14. The van der Waals surface area contributed by atoms with Crippen molar-refractivity contribution < 1.29 is 9.15 Å². The third kappa shape index (κ3) is 3.25. The second-order valence-corrected chi connectivity index (χ2v) is 5.14. The maximum Gasteiger partial charge on any atom is 0.318 e. The first-order chi connectivity index (χ1) is 9.13. The van der Waals surface area contributed by atoms with E-state index in [9.17, 15) is 0 Å². The van der Waals surface area contributed by atoms with Crippen LogP contribution in [0.5, 0.6) is 0 Å². The summed E-state index contributed by atoms with van der Waals surface area (Å²) < 4.78 is 11.3. The highest BCUT2D eigenvalue weighted by Gasteiger charge is 2.30. The summed E-state index contributed by atoms with van der Waals surface area (Å²) in [4.78, 5) is 2.03. The molecule has 0 aliphatic carbocycles. The van der Waals surface area contributed by atoms with Gasteiger partial charge in [-0.15, -0.1) is 5.10 Å². The first kappa shape index (κ1) is 14.3. The summed E-state index contributed by atoms with van der Waals surface area (Å²) in [5.74, 6) is 0.641. The Hall–Kier alpha value is -1.14. The monoisotopic (exact) mass is 268 g/mol. The van der Waals surface area contributed by atoms with Crippen molar-refractivity contribution in [3.63, 3.8) is 0 Å². The Balaban J connectivity index is 1.99. The van der Waals surface area contributed by atoms with Gasteiger partial charge < -0.3 is 19.4 Å². The van der Waals surface area contributed by atoms with Crippen molar-refractivity contribution in [2.24, 2.45) is 0 Å². The van der Waals surface area contributed by atoms with Gasteiger partial charge in [0.15, 0.2) is 0 Å². The van der Waals surface area contributed by atoms with E-state index in [-0.39, 0.29) is 12.1 Å². The molecule has 1 aromatic rings. The molecule has 108 valence electrons. The van der Waals surface area contributed by atoms with Gasteiger partial charge in [0.1, 0.15) is 0 Å². The fourth-order valence-electron chi connectivity index (χ4n) is 2.36. The molecule has 1 saturated heterocycles. The molecule has 2 heterocycles. The van der Waals surface area contributed by atoms with Gasteiger partial charge >= 0.3 is 6.01 Å². The molecule has 2 rings (SSSR count). The lowest BCUT2D eigenvalue weighted by Crippen LogP contribution is -2.36. The number of aromatic nitrogens is 2. The van der Waals surface area contributed by atoms with E-state index in [1.54, 1.807) is 0 Å². The van der Waals surface area contributed by atoms with Crippen molar-refractivity contribution in [3.05, 3.63) is 5.89 Å². The van der Waals surface area contributed by atoms with Crippen LogP contribution < -0.4 is 10.2 Å². The lowest BCUT2D eigenvalue weighted by molar-refractivity contribution is 0.117. The van der Waals surface area contributed by atoms with Crippen molar-refractivity contribution in [3.8, 4) is 0 Å². The molecule has 0 amide bonds. The number of likely N-dealkylation sites (N-methyl/N-ethyl adjacent to an activating group) is 1. The molecule has 0 radical (unpaired) electrons. The predicted molar refractivity (Wildman–Crippen MR) is 73.2 cm³/mol. The van der Waals surface area contributed by atoms with E-state index in [1.807, 2.05) is 18.9 Å². The maximum absolute atomic E-state index is 5.75. The number of hydrogen-bond acceptors (Lipinski definition) is 6. The minimum absolute atomic E-state index is 0.0897. The van der Waals surface area contributed by atoms with Gasteiger partial charge in [0.2, 0.25) is 5.89 Å². The average molecular weight is 268 g/mol. The van der Waals surface area contributed by atoms with Gasteiger partial charge in [0, 0.05) is 13.7 Å². The molecule has 6 heteroatoms. The summed E-state index contributed by atoms with van der Waals surface area (Å²) >= 11 is 0. The zero-order valence-electron chi connectivity index (χ0n) is 12.2. The molecular weight excluding hydrogens is 244 g/mol. The molecule has 0 spiro atoms. The van der Waals surface area contributed by atoms with E-state index in [4.69, 9.17) is 9.15 Å². The number of hydrogen-bond donors (Lipinski definition) is 1. The quantitative estimate of drug-likeness (QED) is 0.848. The van der Waals surface area contributed by atoms with Gasteiger partial charge in [-0.05, 0) is 33.2 Å². The molecule has 0 aromatic carbocycles. The Kier molecular flexibility index (Phi) is 4.76. The lowest BCUT2D eigenvalue weighted by Gasteiger charge is -2.24. The molecule has 1 aliphatic rings. The first-order valence-electron chi connectivity index (χ1n) is 7.04. The van der Waals surface area contributed by atoms with Gasteiger partial charge in [0.05, 0.1) is 18.2 Å². The highest BCUT2D eigenvalue weighted by molar-refractivity contribution is 5.26. The van der Waals surface area contributed by atoms with E-state index in [0.717, 1.165) is 26.0 Å². The summed E-state index contributed by atoms with van der Waals surface area (Å²) in [6.07, 6.45) is 2.29. The summed E-state index contributed by atoms with van der Waals surface area (Å²) in [6, 6.07) is 0.974. The van der Waals surface area contributed by atoms with Crippen LogP contribution in [0.15, 0.2) is 4.42 Å². The Morgan fingerprint density at radius 3 is 2.89 bits per heavy atom. The highest BCUT2D eigenvalue weighted by atomic mass is 16.5. The standard InChI is InChI=1S/C13H24N4O2/c1-5-7-14-9(2)12-15-16-13(19-12)17(4)11-6-8-18-10(11)3/h9-11,14H,5-8H2,1-4H3. The minimum Gasteiger partial charge on any atom is -0.406 e. The van der Waals surface area contributed by atoms with Gasteiger partial charge in [-0.25, -0.2) is 0 Å². The molecule has 0 saturated carbocycles. The van der Waals surface area contributed by atoms with E-state index >= 15 is 0 Å². The van der Waals surface area contributed by atoms with Crippen molar-refractivity contribution in [2.75, 3.05) is 25.1 Å². The highest BCUT2D eigenvalue weighted by Crippen LogP contribution is 2.24. The maximum atomic E-state index is 5.75. The van der Waals surface area contributed by atoms with Crippen LogP contribution >= 0.6 is 0 Å². The fraction of sp³-hybridized carbons (Fsp3) is 0.846. The van der Waals surface area contributed by atoms with E-state index < -0.39 is 0 Å². The average Bonchev–Trinajstić information content (AvgIpc) is 3.03. The zero-order chi connectivity index (χ0) is 13.8. The Morgan fingerprint density at radius 2 is 2.26 bits per heavy atom. The zero-order valence-corrected chi connectivity index (χ0v) is 12.2. The Bertz CT molecular complexity index is 396. The lowest BCUT2D eigenvalue weighted by atomic mass is 10.1. The molecule has 19 heavy (non-hydrogen) atoms. The Labute approximate surface area is 114 Å². The number of rotatable bonds is 6. The molecule has 6 nitrogen and oxygen atoms in total. The largest absolute Gasteiger partial charge is 0.406 e. The normalized spacial score (nSPS) is 24.6. The number of nitrogens with zero attached hydrogens (tertiary/aromatic N) is 3. The molecular formula is C13H24N4O2. The van der Waals surface area contributed by atoms with Crippen LogP contribution in [0.4, 0.5) is 6.01 Å². The molecule has 3 atom stereocenters. The van der Waals surface area contributed by atoms with Gasteiger partial charge in [-0.3, -0.25) is 0 Å². The Morgan fingerprint density at radius 1 is 1.47 bits per heavy atom. The first-order valence-corrected chi connectivity index (χ1v) is 7.04. The number of anilines is 1. The summed E-state index contributed by atoms with van der Waals surface area (Å²) in [7, 11) is 1.98. The van der Waals surface area contributed by atoms with Crippen LogP contribution in [0, 0.1) is 0 Å². The van der Waals surface area contributed by atoms with Crippen LogP contribution in [-0.2, 0) is 4.74 Å². The molecule has 3 unspecified atom stereocenters. The molecule has 1 aliphatic heterocycles. The third-order valence-corrected chi connectivity index (χ3v) is 3.64. The van der Waals surface area contributed by atoms with Gasteiger partial charge in [-0.2, -0.15) is 0 Å². The summed E-state index contributed by atoms with van der Waals surface area (Å²) in [6.45, 7) is 7.99. The minimum atomic E-state index is 0.0897. The molecule has 1 aromatic heterocycles. The van der Waals surface area contributed by atoms with Crippen molar-refractivity contribution in [1.29, 1.82) is 0 Å². The van der Waals surface area contributed by atoms with Crippen LogP contribution in [0.3, 0.4) is 0 Å². The topological polar surface area (TPSA) is 63.4 Å². The van der Waals surface area contributed by atoms with Crippen molar-refractivity contribution in [1.82, 2.24) is 15.5 Å².